The Hall–Kier alpha value is -3.02. The number of rotatable bonds is 6. The smallest absolute Gasteiger partial charge is 0.223 e. The van der Waals surface area contributed by atoms with Gasteiger partial charge >= 0.3 is 0 Å². The van der Waals surface area contributed by atoms with Crippen molar-refractivity contribution in [3.8, 4) is 11.5 Å². The number of anilines is 1. The molecule has 0 fully saturated rings. The monoisotopic (exact) mass is 326 g/mol. The molecule has 0 unspecified atom stereocenters. The highest BCUT2D eigenvalue weighted by Crippen LogP contribution is 2.23. The Morgan fingerprint density at radius 3 is 2.54 bits per heavy atom. The number of hydrogen-bond donors (Lipinski definition) is 2. The lowest BCUT2D eigenvalue weighted by molar-refractivity contribution is -0.128. The van der Waals surface area contributed by atoms with Gasteiger partial charge in [-0.1, -0.05) is 24.3 Å². The number of nitrogens with zero attached hydrogens (tertiary/aromatic N) is 2. The number of ether oxygens (including phenoxy) is 1. The highest BCUT2D eigenvalue weighted by Gasteiger charge is 2.03. The van der Waals surface area contributed by atoms with Crippen molar-refractivity contribution in [2.24, 2.45) is 10.7 Å². The van der Waals surface area contributed by atoms with Gasteiger partial charge in [0.15, 0.2) is 5.96 Å². The summed E-state index contributed by atoms with van der Waals surface area (Å²) in [7, 11) is 3.43. The normalized spacial score (nSPS) is 11.0. The highest BCUT2D eigenvalue weighted by atomic mass is 16.5. The number of hydrogen-bond acceptors (Lipinski definition) is 3. The van der Waals surface area contributed by atoms with Crippen molar-refractivity contribution in [1.82, 2.24) is 4.90 Å². The van der Waals surface area contributed by atoms with Crippen LogP contribution in [0, 0.1) is 0 Å². The third-order valence-corrected chi connectivity index (χ3v) is 3.19. The van der Waals surface area contributed by atoms with E-state index in [1.54, 1.807) is 14.1 Å². The number of para-hydroxylation sites is 1. The summed E-state index contributed by atoms with van der Waals surface area (Å²) in [5.74, 6) is 1.74. The zero-order chi connectivity index (χ0) is 17.4. The van der Waals surface area contributed by atoms with Crippen LogP contribution in [-0.4, -0.2) is 37.4 Å². The molecule has 0 aromatic heterocycles. The van der Waals surface area contributed by atoms with E-state index in [4.69, 9.17) is 10.5 Å². The zero-order valence-corrected chi connectivity index (χ0v) is 13.9. The summed E-state index contributed by atoms with van der Waals surface area (Å²) in [5, 5.41) is 2.99. The van der Waals surface area contributed by atoms with E-state index < -0.39 is 0 Å². The van der Waals surface area contributed by atoms with Crippen molar-refractivity contribution in [3.05, 3.63) is 54.6 Å². The van der Waals surface area contributed by atoms with E-state index in [-0.39, 0.29) is 11.9 Å². The van der Waals surface area contributed by atoms with Crippen molar-refractivity contribution < 1.29 is 9.53 Å². The lowest BCUT2D eigenvalue weighted by atomic mass is 10.3. The summed E-state index contributed by atoms with van der Waals surface area (Å²) < 4.78 is 5.77. The molecule has 2 aromatic carbocycles. The van der Waals surface area contributed by atoms with Crippen LogP contribution in [0.15, 0.2) is 59.6 Å². The fraction of sp³-hybridized carbons (Fsp3) is 0.222. The summed E-state index contributed by atoms with van der Waals surface area (Å²) in [5.41, 5.74) is 6.61. The molecule has 24 heavy (non-hydrogen) atoms. The average molecular weight is 326 g/mol. The SMILES string of the molecule is CN(C)C(=O)CCN=C(N)Nc1cccc(Oc2ccccc2)c1. The van der Waals surface area contributed by atoms with Gasteiger partial charge in [0.1, 0.15) is 11.5 Å². The second kappa shape index (κ2) is 8.57. The molecular formula is C18H22N4O2. The number of carbonyl (C=O) groups is 1. The van der Waals surface area contributed by atoms with Crippen molar-refractivity contribution in [2.45, 2.75) is 6.42 Å². The number of guanidine groups is 1. The molecule has 0 aliphatic rings. The molecular weight excluding hydrogens is 304 g/mol. The van der Waals surface area contributed by atoms with Gasteiger partial charge < -0.3 is 20.7 Å². The van der Waals surface area contributed by atoms with E-state index in [2.05, 4.69) is 10.3 Å². The predicted molar refractivity (Wildman–Crippen MR) is 96.4 cm³/mol. The van der Waals surface area contributed by atoms with Crippen LogP contribution in [-0.2, 0) is 4.79 Å². The lowest BCUT2D eigenvalue weighted by Crippen LogP contribution is -2.25. The molecule has 0 aliphatic heterocycles. The lowest BCUT2D eigenvalue weighted by Gasteiger charge is -2.10. The van der Waals surface area contributed by atoms with Crippen LogP contribution < -0.4 is 15.8 Å². The predicted octanol–water partition coefficient (Wildman–Crippen LogP) is 2.68. The molecule has 126 valence electrons. The second-order valence-corrected chi connectivity index (χ2v) is 5.37. The molecule has 0 spiro atoms. The number of benzene rings is 2. The molecule has 0 aliphatic carbocycles. The van der Waals surface area contributed by atoms with Gasteiger partial charge in [-0.05, 0) is 24.3 Å². The standard InChI is InChI=1S/C18H22N4O2/c1-22(2)17(23)11-12-20-18(19)21-14-7-6-10-16(13-14)24-15-8-4-3-5-9-15/h3-10,13H,11-12H2,1-2H3,(H3,19,20,21). The molecule has 3 N–H and O–H groups in total. The quantitative estimate of drug-likeness (QED) is 0.632. The van der Waals surface area contributed by atoms with E-state index in [1.165, 1.54) is 4.90 Å². The molecule has 0 heterocycles. The third-order valence-electron chi connectivity index (χ3n) is 3.19. The number of nitrogens with one attached hydrogen (secondary N) is 1. The van der Waals surface area contributed by atoms with Crippen LogP contribution in [0.1, 0.15) is 6.42 Å². The summed E-state index contributed by atoms with van der Waals surface area (Å²) in [4.78, 5) is 17.2. The second-order valence-electron chi connectivity index (χ2n) is 5.37. The topological polar surface area (TPSA) is 80.0 Å². The molecule has 0 saturated carbocycles. The molecule has 0 saturated heterocycles. The summed E-state index contributed by atoms with van der Waals surface area (Å²) in [6.45, 7) is 0.343. The van der Waals surface area contributed by atoms with Gasteiger partial charge in [-0.3, -0.25) is 9.79 Å². The Morgan fingerprint density at radius 1 is 1.12 bits per heavy atom. The molecule has 2 rings (SSSR count). The van der Waals surface area contributed by atoms with Crippen LogP contribution >= 0.6 is 0 Å². The van der Waals surface area contributed by atoms with Gasteiger partial charge in [0.05, 0.1) is 6.54 Å². The maximum atomic E-state index is 11.5. The number of nitrogens with two attached hydrogens (primary N) is 1. The van der Waals surface area contributed by atoms with Crippen molar-refractivity contribution in [2.75, 3.05) is 26.0 Å². The Labute approximate surface area is 141 Å². The van der Waals surface area contributed by atoms with Crippen LogP contribution in [0.4, 0.5) is 5.69 Å². The van der Waals surface area contributed by atoms with Crippen molar-refractivity contribution in [1.29, 1.82) is 0 Å². The Balaban J connectivity index is 1.92. The maximum absolute atomic E-state index is 11.5. The molecule has 0 radical (unpaired) electrons. The Kier molecular flexibility index (Phi) is 6.19. The first-order valence-electron chi connectivity index (χ1n) is 7.64. The molecule has 1 amide bonds. The van der Waals surface area contributed by atoms with Gasteiger partial charge in [0.2, 0.25) is 5.91 Å². The van der Waals surface area contributed by atoms with E-state index >= 15 is 0 Å². The minimum Gasteiger partial charge on any atom is -0.457 e. The van der Waals surface area contributed by atoms with Gasteiger partial charge in [0.25, 0.3) is 0 Å². The fourth-order valence-electron chi connectivity index (χ4n) is 1.94. The van der Waals surface area contributed by atoms with Crippen LogP contribution in [0.5, 0.6) is 11.5 Å². The van der Waals surface area contributed by atoms with E-state index in [1.807, 2.05) is 54.6 Å². The highest BCUT2D eigenvalue weighted by molar-refractivity contribution is 5.92. The van der Waals surface area contributed by atoms with Gasteiger partial charge in [-0.15, -0.1) is 0 Å². The Bertz CT molecular complexity index is 699. The zero-order valence-electron chi connectivity index (χ0n) is 13.9. The Morgan fingerprint density at radius 2 is 1.83 bits per heavy atom. The summed E-state index contributed by atoms with van der Waals surface area (Å²) in [6.07, 6.45) is 0.326. The van der Waals surface area contributed by atoms with Gasteiger partial charge in [-0.25, -0.2) is 0 Å². The number of amides is 1. The minimum absolute atomic E-state index is 0.0183. The molecule has 6 nitrogen and oxygen atoms in total. The van der Waals surface area contributed by atoms with Gasteiger partial charge in [-0.2, -0.15) is 0 Å². The van der Waals surface area contributed by atoms with E-state index in [9.17, 15) is 4.79 Å². The first kappa shape index (κ1) is 17.3. The summed E-state index contributed by atoms with van der Waals surface area (Å²) in [6, 6.07) is 17.0. The fourth-order valence-corrected chi connectivity index (χ4v) is 1.94. The number of carbonyl (C=O) groups excluding carboxylic acids is 1. The largest absolute Gasteiger partial charge is 0.457 e. The van der Waals surface area contributed by atoms with Crippen molar-refractivity contribution in [3.63, 3.8) is 0 Å². The van der Waals surface area contributed by atoms with Gasteiger partial charge in [0, 0.05) is 32.3 Å². The van der Waals surface area contributed by atoms with Crippen LogP contribution in [0.2, 0.25) is 0 Å². The molecule has 0 atom stereocenters. The minimum atomic E-state index is 0.0183. The van der Waals surface area contributed by atoms with E-state index in [0.29, 0.717) is 18.7 Å². The number of aliphatic imine (C=N–C) groups is 1. The van der Waals surface area contributed by atoms with E-state index in [0.717, 1.165) is 11.4 Å². The summed E-state index contributed by atoms with van der Waals surface area (Å²) >= 11 is 0. The van der Waals surface area contributed by atoms with Crippen molar-refractivity contribution >= 4 is 17.6 Å². The van der Waals surface area contributed by atoms with Crippen LogP contribution in [0.3, 0.4) is 0 Å². The molecule has 6 heteroatoms. The maximum Gasteiger partial charge on any atom is 0.223 e. The molecule has 0 bridgehead atoms. The van der Waals surface area contributed by atoms with Crippen LogP contribution in [0.25, 0.3) is 0 Å². The first-order valence-corrected chi connectivity index (χ1v) is 7.64. The molecule has 2 aromatic rings. The average Bonchev–Trinajstić information content (AvgIpc) is 2.56. The first-order chi connectivity index (χ1) is 11.5. The third kappa shape index (κ3) is 5.64.